The number of morpholine rings is 1. The summed E-state index contributed by atoms with van der Waals surface area (Å²) in [5.41, 5.74) is 0.977. The van der Waals surface area contributed by atoms with Crippen molar-refractivity contribution >= 4 is 11.7 Å². The molecule has 2 unspecified atom stereocenters. The third kappa shape index (κ3) is 3.57. The van der Waals surface area contributed by atoms with Gasteiger partial charge in [-0.2, -0.15) is 0 Å². The monoisotopic (exact) mass is 327 g/mol. The van der Waals surface area contributed by atoms with E-state index >= 15 is 0 Å². The fourth-order valence-corrected chi connectivity index (χ4v) is 3.00. The second-order valence-electron chi connectivity index (χ2n) is 6.00. The van der Waals surface area contributed by atoms with Gasteiger partial charge in [0.15, 0.2) is 11.5 Å². The van der Waals surface area contributed by atoms with E-state index in [1.165, 1.54) is 6.26 Å². The van der Waals surface area contributed by atoms with Gasteiger partial charge in [0.2, 0.25) is 5.91 Å². The van der Waals surface area contributed by atoms with Gasteiger partial charge in [-0.15, -0.1) is 0 Å². The summed E-state index contributed by atoms with van der Waals surface area (Å²) in [7, 11) is 0. The summed E-state index contributed by atoms with van der Waals surface area (Å²) in [6.45, 7) is 3.28. The van der Waals surface area contributed by atoms with Crippen molar-refractivity contribution in [1.29, 1.82) is 0 Å². The lowest BCUT2D eigenvalue weighted by atomic mass is 9.97. The molecule has 0 radical (unpaired) electrons. The first-order valence-electron chi connectivity index (χ1n) is 8.16. The highest BCUT2D eigenvalue weighted by Gasteiger charge is 2.32. The van der Waals surface area contributed by atoms with E-state index in [1.807, 2.05) is 37.3 Å². The minimum absolute atomic E-state index is 0.0294. The number of furan rings is 1. The van der Waals surface area contributed by atoms with Gasteiger partial charge in [0.25, 0.3) is 0 Å². The lowest BCUT2D eigenvalue weighted by Crippen LogP contribution is -2.50. The number of ketones is 1. The Balaban J connectivity index is 1.72. The molecule has 1 aromatic heterocycles. The maximum atomic E-state index is 12.9. The third-order valence-corrected chi connectivity index (χ3v) is 4.40. The van der Waals surface area contributed by atoms with Crippen molar-refractivity contribution in [3.05, 3.63) is 60.1 Å². The Morgan fingerprint density at radius 1 is 1.21 bits per heavy atom. The van der Waals surface area contributed by atoms with Crippen molar-refractivity contribution in [2.75, 3.05) is 19.8 Å². The highest BCUT2D eigenvalue weighted by Crippen LogP contribution is 2.22. The zero-order valence-corrected chi connectivity index (χ0v) is 13.7. The van der Waals surface area contributed by atoms with Crippen molar-refractivity contribution in [3.8, 4) is 0 Å². The number of rotatable bonds is 5. The number of carbonyl (C=O) groups is 2. The van der Waals surface area contributed by atoms with E-state index in [4.69, 9.17) is 9.15 Å². The smallest absolute Gasteiger partial charge is 0.230 e. The number of benzene rings is 1. The van der Waals surface area contributed by atoms with Crippen LogP contribution in [0.15, 0.2) is 53.1 Å². The molecule has 1 fully saturated rings. The molecule has 0 bridgehead atoms. The van der Waals surface area contributed by atoms with E-state index in [2.05, 4.69) is 0 Å². The number of hydrogen-bond donors (Lipinski definition) is 0. The molecule has 1 saturated heterocycles. The van der Waals surface area contributed by atoms with Gasteiger partial charge in [0, 0.05) is 13.0 Å². The average molecular weight is 327 g/mol. The van der Waals surface area contributed by atoms with E-state index in [9.17, 15) is 9.59 Å². The Bertz CT molecular complexity index is 681. The van der Waals surface area contributed by atoms with Gasteiger partial charge in [0.1, 0.15) is 0 Å². The fourth-order valence-electron chi connectivity index (χ4n) is 3.00. The minimum Gasteiger partial charge on any atom is -0.461 e. The molecule has 2 heterocycles. The number of ether oxygens (including phenoxy) is 1. The zero-order chi connectivity index (χ0) is 16.9. The summed E-state index contributed by atoms with van der Waals surface area (Å²) in [5.74, 6) is -0.00277. The van der Waals surface area contributed by atoms with Gasteiger partial charge in [0.05, 0.1) is 31.4 Å². The first-order chi connectivity index (χ1) is 11.7. The summed E-state index contributed by atoms with van der Waals surface area (Å²) in [4.78, 5) is 27.0. The Morgan fingerprint density at radius 2 is 2.00 bits per heavy atom. The van der Waals surface area contributed by atoms with Crippen LogP contribution in [0, 0.1) is 0 Å². The Hall–Kier alpha value is -2.40. The standard InChI is InChI=1S/C19H21NO4/c1-14(15-6-3-2-4-7-15)19(22)20-9-11-23-13-16(20)12-17(21)18-8-5-10-24-18/h2-8,10,14,16H,9,11-13H2,1H3. The molecular formula is C19H21NO4. The predicted molar refractivity (Wildman–Crippen MR) is 88.8 cm³/mol. The van der Waals surface area contributed by atoms with Crippen LogP contribution in [0.5, 0.6) is 0 Å². The maximum Gasteiger partial charge on any atom is 0.230 e. The molecule has 1 aliphatic heterocycles. The number of hydrogen-bond acceptors (Lipinski definition) is 4. The minimum atomic E-state index is -0.255. The zero-order valence-electron chi connectivity index (χ0n) is 13.7. The normalized spacial score (nSPS) is 19.0. The van der Waals surface area contributed by atoms with Gasteiger partial charge in [-0.3, -0.25) is 9.59 Å². The quantitative estimate of drug-likeness (QED) is 0.792. The van der Waals surface area contributed by atoms with Gasteiger partial charge < -0.3 is 14.1 Å². The van der Waals surface area contributed by atoms with E-state index in [0.717, 1.165) is 5.56 Å². The molecule has 0 N–H and O–H groups in total. The van der Waals surface area contributed by atoms with Crippen LogP contribution < -0.4 is 0 Å². The van der Waals surface area contributed by atoms with Gasteiger partial charge in [-0.1, -0.05) is 30.3 Å². The van der Waals surface area contributed by atoms with Crippen LogP contribution >= 0.6 is 0 Å². The van der Waals surface area contributed by atoms with Crippen molar-refractivity contribution in [2.45, 2.75) is 25.3 Å². The first-order valence-corrected chi connectivity index (χ1v) is 8.16. The lowest BCUT2D eigenvalue weighted by molar-refractivity contribution is -0.141. The summed E-state index contributed by atoms with van der Waals surface area (Å²) in [6, 6.07) is 12.8. The largest absolute Gasteiger partial charge is 0.461 e. The van der Waals surface area contributed by atoms with Crippen LogP contribution in [0.1, 0.15) is 35.4 Å². The van der Waals surface area contributed by atoms with Crippen molar-refractivity contribution < 1.29 is 18.7 Å². The number of carbonyl (C=O) groups excluding carboxylic acids is 2. The maximum absolute atomic E-state index is 12.9. The van der Waals surface area contributed by atoms with Crippen LogP contribution in [0.4, 0.5) is 0 Å². The molecule has 5 nitrogen and oxygen atoms in total. The molecule has 24 heavy (non-hydrogen) atoms. The molecule has 1 aromatic carbocycles. The van der Waals surface area contributed by atoms with Crippen molar-refractivity contribution in [3.63, 3.8) is 0 Å². The Labute approximate surface area is 141 Å². The molecule has 3 rings (SSSR count). The average Bonchev–Trinajstić information content (AvgIpc) is 3.16. The summed E-state index contributed by atoms with van der Waals surface area (Å²) in [5, 5.41) is 0. The molecule has 2 atom stereocenters. The van der Waals surface area contributed by atoms with Crippen LogP contribution in [0.2, 0.25) is 0 Å². The molecule has 0 spiro atoms. The van der Waals surface area contributed by atoms with Crippen molar-refractivity contribution in [1.82, 2.24) is 4.90 Å². The SMILES string of the molecule is CC(C(=O)N1CCOCC1CC(=O)c1ccco1)c1ccccc1. The number of amides is 1. The van der Waals surface area contributed by atoms with Gasteiger partial charge in [-0.25, -0.2) is 0 Å². The molecule has 126 valence electrons. The van der Waals surface area contributed by atoms with E-state index in [1.54, 1.807) is 17.0 Å². The molecule has 2 aromatic rings. The van der Waals surface area contributed by atoms with E-state index in [-0.39, 0.29) is 30.1 Å². The molecule has 1 amide bonds. The molecule has 1 aliphatic rings. The van der Waals surface area contributed by atoms with Gasteiger partial charge in [-0.05, 0) is 24.6 Å². The predicted octanol–water partition coefficient (Wildman–Crippen LogP) is 2.88. The van der Waals surface area contributed by atoms with Crippen LogP contribution in [0.25, 0.3) is 0 Å². The molecule has 0 saturated carbocycles. The highest BCUT2D eigenvalue weighted by molar-refractivity contribution is 5.94. The first kappa shape index (κ1) is 16.5. The van der Waals surface area contributed by atoms with E-state index < -0.39 is 0 Å². The molecule has 0 aliphatic carbocycles. The second-order valence-corrected chi connectivity index (χ2v) is 6.00. The van der Waals surface area contributed by atoms with Gasteiger partial charge >= 0.3 is 0 Å². The molecule has 5 heteroatoms. The molecular weight excluding hydrogens is 306 g/mol. The Morgan fingerprint density at radius 3 is 2.71 bits per heavy atom. The van der Waals surface area contributed by atoms with Crippen LogP contribution in [-0.4, -0.2) is 42.4 Å². The summed E-state index contributed by atoms with van der Waals surface area (Å²) >= 11 is 0. The van der Waals surface area contributed by atoms with Crippen LogP contribution in [0.3, 0.4) is 0 Å². The Kier molecular flexibility index (Phi) is 5.11. The topological polar surface area (TPSA) is 59.8 Å². The lowest BCUT2D eigenvalue weighted by Gasteiger charge is -2.37. The summed E-state index contributed by atoms with van der Waals surface area (Å²) < 4.78 is 10.6. The number of nitrogens with zero attached hydrogens (tertiary/aromatic N) is 1. The van der Waals surface area contributed by atoms with Crippen LogP contribution in [-0.2, 0) is 9.53 Å². The second kappa shape index (κ2) is 7.45. The van der Waals surface area contributed by atoms with Crippen molar-refractivity contribution in [2.24, 2.45) is 0 Å². The summed E-state index contributed by atoms with van der Waals surface area (Å²) in [6.07, 6.45) is 1.69. The third-order valence-electron chi connectivity index (χ3n) is 4.40. The number of Topliss-reactive ketones (excluding diaryl/α,β-unsaturated/α-hetero) is 1. The fraction of sp³-hybridized carbons (Fsp3) is 0.368. The highest BCUT2D eigenvalue weighted by atomic mass is 16.5. The van der Waals surface area contributed by atoms with E-state index in [0.29, 0.717) is 25.5 Å².